The van der Waals surface area contributed by atoms with Gasteiger partial charge in [-0.2, -0.15) is 0 Å². The van der Waals surface area contributed by atoms with Crippen LogP contribution in [-0.2, 0) is 4.79 Å². The quantitative estimate of drug-likeness (QED) is 0.348. The molecule has 0 amide bonds. The van der Waals surface area contributed by atoms with Gasteiger partial charge >= 0.3 is 5.97 Å². The number of carboxylic acid groups (broad SMARTS) is 1. The molecule has 0 unspecified atom stereocenters. The third-order valence-corrected chi connectivity index (χ3v) is 2.68. The molecule has 2 N–H and O–H groups in total. The van der Waals surface area contributed by atoms with Crippen molar-refractivity contribution in [3.8, 4) is 11.5 Å². The summed E-state index contributed by atoms with van der Waals surface area (Å²) >= 11 is 2.00. The standard InChI is InChI=1S/C11H12INO5/c1-2-17-9-4-7(5-13-16)3-8(12)11(9)18-6-10(14)15/h3-5,16H,2,6H2,1H3,(H,14,15). The highest BCUT2D eigenvalue weighted by Crippen LogP contribution is 2.33. The fourth-order valence-corrected chi connectivity index (χ4v) is 2.05. The second-order valence-electron chi connectivity index (χ2n) is 3.19. The number of hydrogen-bond acceptors (Lipinski definition) is 5. The van der Waals surface area contributed by atoms with Crippen LogP contribution in [0.3, 0.4) is 0 Å². The summed E-state index contributed by atoms with van der Waals surface area (Å²) in [5.74, 6) is -0.273. The number of carbonyl (C=O) groups is 1. The highest BCUT2D eigenvalue weighted by Gasteiger charge is 2.13. The van der Waals surface area contributed by atoms with Crippen molar-refractivity contribution < 1.29 is 24.6 Å². The van der Waals surface area contributed by atoms with Crippen LogP contribution in [0.25, 0.3) is 0 Å². The van der Waals surface area contributed by atoms with Crippen molar-refractivity contribution in [3.63, 3.8) is 0 Å². The molecular formula is C11H12INO5. The molecule has 0 aliphatic rings. The number of ether oxygens (including phenoxy) is 2. The number of rotatable bonds is 6. The average Bonchev–Trinajstić information content (AvgIpc) is 2.28. The Labute approximate surface area is 117 Å². The predicted molar refractivity (Wildman–Crippen MR) is 72.8 cm³/mol. The van der Waals surface area contributed by atoms with Crippen LogP contribution < -0.4 is 9.47 Å². The Balaban J connectivity index is 3.09. The molecule has 0 radical (unpaired) electrons. The zero-order valence-corrected chi connectivity index (χ0v) is 11.7. The number of carboxylic acids is 1. The van der Waals surface area contributed by atoms with Crippen LogP contribution in [0.5, 0.6) is 11.5 Å². The minimum atomic E-state index is -1.06. The molecule has 0 atom stereocenters. The summed E-state index contributed by atoms with van der Waals surface area (Å²) in [7, 11) is 0. The third-order valence-electron chi connectivity index (χ3n) is 1.88. The lowest BCUT2D eigenvalue weighted by Gasteiger charge is -2.13. The van der Waals surface area contributed by atoms with Gasteiger partial charge in [0.25, 0.3) is 0 Å². The Morgan fingerprint density at radius 3 is 2.78 bits per heavy atom. The van der Waals surface area contributed by atoms with Gasteiger partial charge in [0, 0.05) is 5.56 Å². The van der Waals surface area contributed by atoms with Gasteiger partial charge in [0.05, 0.1) is 16.4 Å². The summed E-state index contributed by atoms with van der Waals surface area (Å²) in [5, 5.41) is 20.0. The highest BCUT2D eigenvalue weighted by molar-refractivity contribution is 14.1. The van der Waals surface area contributed by atoms with Crippen LogP contribution in [0.2, 0.25) is 0 Å². The lowest BCUT2D eigenvalue weighted by molar-refractivity contribution is -0.139. The maximum atomic E-state index is 10.5. The molecule has 0 saturated carbocycles. The van der Waals surface area contributed by atoms with E-state index in [1.54, 1.807) is 19.1 Å². The lowest BCUT2D eigenvalue weighted by Crippen LogP contribution is -2.11. The lowest BCUT2D eigenvalue weighted by atomic mass is 10.2. The molecule has 98 valence electrons. The molecule has 0 fully saturated rings. The molecule has 0 aliphatic heterocycles. The monoisotopic (exact) mass is 365 g/mol. The van der Waals surface area contributed by atoms with Gasteiger partial charge in [-0.3, -0.25) is 0 Å². The fraction of sp³-hybridized carbons (Fsp3) is 0.273. The van der Waals surface area contributed by atoms with Crippen LogP contribution >= 0.6 is 22.6 Å². The van der Waals surface area contributed by atoms with E-state index in [4.69, 9.17) is 19.8 Å². The Kier molecular flexibility index (Phi) is 5.69. The average molecular weight is 365 g/mol. The van der Waals surface area contributed by atoms with Crippen molar-refractivity contribution in [2.45, 2.75) is 6.92 Å². The molecule has 0 saturated heterocycles. The molecule has 0 heterocycles. The first-order chi connectivity index (χ1) is 8.58. The van der Waals surface area contributed by atoms with E-state index >= 15 is 0 Å². The van der Waals surface area contributed by atoms with Gasteiger partial charge in [-0.15, -0.1) is 0 Å². The molecule has 0 spiro atoms. The van der Waals surface area contributed by atoms with Crippen molar-refractivity contribution >= 4 is 34.8 Å². The van der Waals surface area contributed by atoms with Crippen LogP contribution in [0.1, 0.15) is 12.5 Å². The van der Waals surface area contributed by atoms with Crippen LogP contribution in [0.15, 0.2) is 17.3 Å². The minimum absolute atomic E-state index is 0.370. The number of oxime groups is 1. The van der Waals surface area contributed by atoms with Gasteiger partial charge in [0.2, 0.25) is 0 Å². The number of halogens is 1. The van der Waals surface area contributed by atoms with Gasteiger partial charge < -0.3 is 19.8 Å². The SMILES string of the molecule is CCOc1cc(C=NO)cc(I)c1OCC(=O)O. The second-order valence-corrected chi connectivity index (χ2v) is 4.35. The van der Waals surface area contributed by atoms with Gasteiger partial charge in [-0.25, -0.2) is 4.79 Å². The first-order valence-corrected chi connectivity index (χ1v) is 6.14. The second kappa shape index (κ2) is 7.04. The van der Waals surface area contributed by atoms with Crippen molar-refractivity contribution in [2.75, 3.05) is 13.2 Å². The Morgan fingerprint density at radius 1 is 1.50 bits per heavy atom. The van der Waals surface area contributed by atoms with Crippen molar-refractivity contribution in [1.29, 1.82) is 0 Å². The van der Waals surface area contributed by atoms with E-state index in [1.165, 1.54) is 6.21 Å². The zero-order chi connectivity index (χ0) is 13.5. The number of hydrogen-bond donors (Lipinski definition) is 2. The maximum Gasteiger partial charge on any atom is 0.341 e. The summed E-state index contributed by atoms with van der Waals surface area (Å²) in [5.41, 5.74) is 0.632. The molecule has 18 heavy (non-hydrogen) atoms. The molecule has 1 aromatic carbocycles. The van der Waals surface area contributed by atoms with E-state index < -0.39 is 12.6 Å². The van der Waals surface area contributed by atoms with Crippen LogP contribution in [0, 0.1) is 3.57 Å². The highest BCUT2D eigenvalue weighted by atomic mass is 127. The predicted octanol–water partition coefficient (Wildman–Crippen LogP) is 1.96. The summed E-state index contributed by atoms with van der Waals surface area (Å²) in [6.45, 7) is 1.78. The summed E-state index contributed by atoms with van der Waals surface area (Å²) < 4.78 is 11.2. The van der Waals surface area contributed by atoms with E-state index in [9.17, 15) is 4.79 Å². The topological polar surface area (TPSA) is 88.4 Å². The zero-order valence-electron chi connectivity index (χ0n) is 9.59. The molecule has 0 bridgehead atoms. The molecule has 1 rings (SSSR count). The van der Waals surface area contributed by atoms with Crippen LogP contribution in [-0.4, -0.2) is 35.7 Å². The third kappa shape index (κ3) is 4.06. The maximum absolute atomic E-state index is 10.5. The van der Waals surface area contributed by atoms with Gasteiger partial charge in [-0.1, -0.05) is 5.16 Å². The first kappa shape index (κ1) is 14.6. The molecule has 6 nitrogen and oxygen atoms in total. The van der Waals surface area contributed by atoms with Gasteiger partial charge in [0.1, 0.15) is 0 Å². The largest absolute Gasteiger partial charge is 0.490 e. The molecular weight excluding hydrogens is 353 g/mol. The van der Waals surface area contributed by atoms with E-state index in [0.717, 1.165) is 0 Å². The minimum Gasteiger partial charge on any atom is -0.490 e. The Bertz CT molecular complexity index is 461. The van der Waals surface area contributed by atoms with E-state index in [2.05, 4.69) is 5.16 Å². The Hall–Kier alpha value is -1.51. The summed E-state index contributed by atoms with van der Waals surface area (Å²) in [6.07, 6.45) is 1.26. The van der Waals surface area contributed by atoms with Gasteiger partial charge in [0.15, 0.2) is 18.1 Å². The summed E-state index contributed by atoms with van der Waals surface area (Å²) in [6, 6.07) is 3.31. The van der Waals surface area contributed by atoms with E-state index in [-0.39, 0.29) is 0 Å². The van der Waals surface area contributed by atoms with Gasteiger partial charge in [-0.05, 0) is 41.6 Å². The molecule has 0 aromatic heterocycles. The van der Waals surface area contributed by atoms with E-state index in [0.29, 0.717) is 27.2 Å². The van der Waals surface area contributed by atoms with Crippen molar-refractivity contribution in [1.82, 2.24) is 0 Å². The van der Waals surface area contributed by atoms with Crippen molar-refractivity contribution in [3.05, 3.63) is 21.3 Å². The van der Waals surface area contributed by atoms with Crippen LogP contribution in [0.4, 0.5) is 0 Å². The molecule has 0 aliphatic carbocycles. The van der Waals surface area contributed by atoms with Crippen molar-refractivity contribution in [2.24, 2.45) is 5.16 Å². The molecule has 7 heteroatoms. The fourth-order valence-electron chi connectivity index (χ4n) is 1.27. The Morgan fingerprint density at radius 2 is 2.22 bits per heavy atom. The normalized spacial score (nSPS) is 10.6. The number of aliphatic carboxylic acids is 1. The smallest absolute Gasteiger partial charge is 0.341 e. The molecule has 1 aromatic rings. The first-order valence-electron chi connectivity index (χ1n) is 5.06. The van der Waals surface area contributed by atoms with E-state index in [1.807, 2.05) is 22.6 Å². The number of benzene rings is 1. The summed E-state index contributed by atoms with van der Waals surface area (Å²) in [4.78, 5) is 10.5. The number of nitrogens with zero attached hydrogens (tertiary/aromatic N) is 1.